The Morgan fingerprint density at radius 1 is 0.767 bits per heavy atom. The van der Waals surface area contributed by atoms with Crippen molar-refractivity contribution in [1.29, 1.82) is 0 Å². The molecule has 5 N–H and O–H groups in total. The molecule has 171 valence electrons. The third-order valence-electron chi connectivity index (χ3n) is 3.34. The second kappa shape index (κ2) is 22.7. The Morgan fingerprint density at radius 3 is 1.23 bits per heavy atom. The maximum atomic E-state index is 8.03. The van der Waals surface area contributed by atoms with E-state index in [1.807, 2.05) is 30.3 Å². The molecule has 0 aromatic heterocycles. The van der Waals surface area contributed by atoms with Crippen LogP contribution in [0.3, 0.4) is 0 Å². The maximum absolute atomic E-state index is 8.03. The Labute approximate surface area is 188 Å². The number of benzene rings is 1. The van der Waals surface area contributed by atoms with Crippen LogP contribution in [0.15, 0.2) is 51.0 Å². The normalized spacial score (nSPS) is 14.4. The van der Waals surface area contributed by atoms with Gasteiger partial charge in [0.1, 0.15) is 22.8 Å². The van der Waals surface area contributed by atoms with Crippen molar-refractivity contribution < 1.29 is 42.3 Å². The van der Waals surface area contributed by atoms with E-state index < -0.39 is 0 Å². The fourth-order valence-corrected chi connectivity index (χ4v) is 1.28. The van der Waals surface area contributed by atoms with E-state index in [-0.39, 0.29) is 16.8 Å². The molecule has 1 aliphatic rings. The zero-order valence-electron chi connectivity index (χ0n) is 17.7. The van der Waals surface area contributed by atoms with Crippen molar-refractivity contribution in [1.82, 2.24) is 5.32 Å². The van der Waals surface area contributed by atoms with Crippen molar-refractivity contribution in [3.05, 3.63) is 42.8 Å². The van der Waals surface area contributed by atoms with Gasteiger partial charge in [-0.25, -0.2) is 0 Å². The SMILES string of the molecule is C1COCCN1.CC(=NO)C(C)=NO.CC(=NO)C(C)=NO.[CH2-]c1ccccc1.[Co+2]. The average Bonchev–Trinajstić information content (AvgIpc) is 2.79. The van der Waals surface area contributed by atoms with Gasteiger partial charge in [0.2, 0.25) is 0 Å². The summed E-state index contributed by atoms with van der Waals surface area (Å²) >= 11 is 0. The maximum Gasteiger partial charge on any atom is 2.00 e. The predicted octanol–water partition coefficient (Wildman–Crippen LogP) is 2.85. The standard InChI is InChI=1S/C7H7.2C4H8N2O2.C4H9NO.Co/c1-7-5-3-2-4-6-7;2*1-3(5-7)4(2)6-8;1-3-6-4-2-5-1;/h2-6H,1H2;2*7-8H,1-2H3;5H,1-4H2;/q-1;;;;+2. The minimum atomic E-state index is 0. The van der Waals surface area contributed by atoms with Crippen LogP contribution in [-0.2, 0) is 21.5 Å². The summed E-state index contributed by atoms with van der Waals surface area (Å²) in [7, 11) is 0. The van der Waals surface area contributed by atoms with E-state index in [1.165, 1.54) is 27.7 Å². The summed E-state index contributed by atoms with van der Waals surface area (Å²) in [6.45, 7) is 13.7. The molecule has 1 heterocycles. The Hall–Kier alpha value is -2.60. The van der Waals surface area contributed by atoms with E-state index in [4.69, 9.17) is 25.6 Å². The van der Waals surface area contributed by atoms with Gasteiger partial charge in [0.05, 0.1) is 13.2 Å². The van der Waals surface area contributed by atoms with E-state index in [0.29, 0.717) is 22.8 Å². The van der Waals surface area contributed by atoms with Gasteiger partial charge in [-0.1, -0.05) is 26.7 Å². The van der Waals surface area contributed by atoms with Gasteiger partial charge in [-0.2, -0.15) is 24.6 Å². The first-order valence-electron chi connectivity index (χ1n) is 8.74. The van der Waals surface area contributed by atoms with Gasteiger partial charge in [0.15, 0.2) is 0 Å². The van der Waals surface area contributed by atoms with Gasteiger partial charge in [0, 0.05) is 13.1 Å². The van der Waals surface area contributed by atoms with Crippen molar-refractivity contribution in [3.63, 3.8) is 0 Å². The zero-order chi connectivity index (χ0) is 22.5. The molecule has 1 aliphatic heterocycles. The van der Waals surface area contributed by atoms with E-state index in [0.717, 1.165) is 31.9 Å². The molecule has 0 saturated carbocycles. The predicted molar refractivity (Wildman–Crippen MR) is 114 cm³/mol. The molecule has 0 bridgehead atoms. The number of rotatable bonds is 2. The second-order valence-electron chi connectivity index (χ2n) is 5.59. The molecule has 30 heavy (non-hydrogen) atoms. The number of morpholine rings is 1. The van der Waals surface area contributed by atoms with Crippen molar-refractivity contribution in [2.45, 2.75) is 27.7 Å². The first kappa shape index (κ1) is 32.1. The number of nitrogens with zero attached hydrogens (tertiary/aromatic N) is 4. The minimum Gasteiger partial charge on any atom is -0.411 e. The molecular weight excluding hydrogens is 437 g/mol. The van der Waals surface area contributed by atoms with Crippen molar-refractivity contribution >= 4 is 22.8 Å². The Kier molecular flexibility index (Phi) is 24.3. The third-order valence-corrected chi connectivity index (χ3v) is 3.34. The molecule has 1 fully saturated rings. The molecule has 11 heteroatoms. The van der Waals surface area contributed by atoms with Crippen LogP contribution < -0.4 is 5.32 Å². The minimum absolute atomic E-state index is 0. The molecule has 1 saturated heterocycles. The van der Waals surface area contributed by atoms with Crippen LogP contribution in [0.25, 0.3) is 0 Å². The number of hydrogen-bond acceptors (Lipinski definition) is 10. The van der Waals surface area contributed by atoms with Crippen LogP contribution in [0.1, 0.15) is 33.3 Å². The van der Waals surface area contributed by atoms with Crippen LogP contribution in [0.2, 0.25) is 0 Å². The first-order valence-corrected chi connectivity index (χ1v) is 8.74. The summed E-state index contributed by atoms with van der Waals surface area (Å²) in [6, 6.07) is 9.87. The molecule has 0 aliphatic carbocycles. The Bertz CT molecular complexity index is 572. The van der Waals surface area contributed by atoms with Crippen LogP contribution in [0.4, 0.5) is 0 Å². The van der Waals surface area contributed by atoms with Gasteiger partial charge in [-0.15, -0.1) is 12.1 Å². The average molecular weight is 469 g/mol. The van der Waals surface area contributed by atoms with E-state index in [1.54, 1.807) is 0 Å². The van der Waals surface area contributed by atoms with E-state index in [9.17, 15) is 0 Å². The van der Waals surface area contributed by atoms with E-state index in [2.05, 4.69) is 32.9 Å². The van der Waals surface area contributed by atoms with Crippen molar-refractivity contribution in [3.8, 4) is 0 Å². The fourth-order valence-electron chi connectivity index (χ4n) is 1.28. The Balaban J connectivity index is -0.000000321. The second-order valence-corrected chi connectivity index (χ2v) is 5.59. The summed E-state index contributed by atoms with van der Waals surface area (Å²) < 4.78 is 5.01. The van der Waals surface area contributed by atoms with Gasteiger partial charge in [-0.3, -0.25) is 0 Å². The summed E-state index contributed by atoms with van der Waals surface area (Å²) in [4.78, 5) is 0. The van der Waals surface area contributed by atoms with Gasteiger partial charge >= 0.3 is 16.8 Å². The summed E-state index contributed by atoms with van der Waals surface area (Å²) in [5, 5.41) is 46.4. The van der Waals surface area contributed by atoms with E-state index >= 15 is 0 Å². The summed E-state index contributed by atoms with van der Waals surface area (Å²) in [5.74, 6) is 0. The molecule has 2 rings (SSSR count). The number of hydrogen-bond donors (Lipinski definition) is 5. The topological polar surface area (TPSA) is 152 Å². The van der Waals surface area contributed by atoms with Crippen LogP contribution >= 0.6 is 0 Å². The molecule has 0 spiro atoms. The number of ether oxygens (including phenoxy) is 1. The van der Waals surface area contributed by atoms with Crippen molar-refractivity contribution in [2.75, 3.05) is 26.3 Å². The summed E-state index contributed by atoms with van der Waals surface area (Å²) in [6.07, 6.45) is 0. The van der Waals surface area contributed by atoms with Gasteiger partial charge in [0.25, 0.3) is 0 Å². The van der Waals surface area contributed by atoms with Crippen LogP contribution in [0.5, 0.6) is 0 Å². The molecule has 1 aromatic carbocycles. The number of nitrogens with one attached hydrogen (secondary N) is 1. The monoisotopic (exact) mass is 469 g/mol. The first-order chi connectivity index (χ1) is 13.8. The third kappa shape index (κ3) is 20.1. The molecule has 0 atom stereocenters. The quantitative estimate of drug-likeness (QED) is 0.194. The molecule has 10 nitrogen and oxygen atoms in total. The van der Waals surface area contributed by atoms with Crippen LogP contribution in [0, 0.1) is 6.92 Å². The molecule has 1 radical (unpaired) electrons. The largest absolute Gasteiger partial charge is 2.00 e. The smallest absolute Gasteiger partial charge is 0.411 e. The molecule has 1 aromatic rings. The fraction of sp³-hybridized carbons (Fsp3) is 0.421. The Morgan fingerprint density at radius 2 is 1.10 bits per heavy atom. The molecule has 0 amide bonds. The van der Waals surface area contributed by atoms with Gasteiger partial charge in [-0.05, 0) is 27.7 Å². The van der Waals surface area contributed by atoms with Crippen LogP contribution in [-0.4, -0.2) is 70.0 Å². The zero-order valence-corrected chi connectivity index (χ0v) is 18.8. The molecular formula is C19H32CoN5O5+. The summed E-state index contributed by atoms with van der Waals surface area (Å²) in [5.41, 5.74) is 2.32. The number of oxime groups is 4. The van der Waals surface area contributed by atoms with Crippen molar-refractivity contribution in [2.24, 2.45) is 20.6 Å². The molecule has 0 unspecified atom stereocenters. The van der Waals surface area contributed by atoms with Gasteiger partial charge < -0.3 is 30.9 Å².